The second-order valence-electron chi connectivity index (χ2n) is 5.76. The zero-order valence-corrected chi connectivity index (χ0v) is 12.9. The number of benzene rings is 1. The Morgan fingerprint density at radius 1 is 1.45 bits per heavy atom. The Morgan fingerprint density at radius 3 is 2.75 bits per heavy atom. The molecule has 20 heavy (non-hydrogen) atoms. The van der Waals surface area contributed by atoms with Gasteiger partial charge in [-0.05, 0) is 42.4 Å². The number of carbonyl (C=O) groups excluding carboxylic acids is 1. The Bertz CT molecular complexity index is 489. The van der Waals surface area contributed by atoms with Crippen molar-refractivity contribution in [1.29, 1.82) is 0 Å². The fourth-order valence-electron chi connectivity index (χ4n) is 3.20. The van der Waals surface area contributed by atoms with Gasteiger partial charge in [-0.15, -0.1) is 0 Å². The first-order valence-corrected chi connectivity index (χ1v) is 7.72. The molecule has 110 valence electrons. The highest BCUT2D eigenvalue weighted by atomic mass is 35.5. The molecule has 1 fully saturated rings. The summed E-state index contributed by atoms with van der Waals surface area (Å²) in [6.07, 6.45) is 3.80. The summed E-state index contributed by atoms with van der Waals surface area (Å²) < 4.78 is 0. The molecule has 0 bridgehead atoms. The lowest BCUT2D eigenvalue weighted by atomic mass is 9.93. The molecule has 1 aromatic carbocycles. The molecule has 0 aliphatic heterocycles. The topological polar surface area (TPSA) is 55.1 Å². The van der Waals surface area contributed by atoms with E-state index in [1.54, 1.807) is 12.1 Å². The Hall–Kier alpha value is -1.06. The lowest BCUT2D eigenvalue weighted by Gasteiger charge is -2.21. The average molecular weight is 295 g/mol. The largest absolute Gasteiger partial charge is 0.366 e. The van der Waals surface area contributed by atoms with Gasteiger partial charge in [0, 0.05) is 23.2 Å². The molecule has 0 radical (unpaired) electrons. The van der Waals surface area contributed by atoms with Gasteiger partial charge in [-0.3, -0.25) is 4.79 Å². The number of amides is 1. The van der Waals surface area contributed by atoms with E-state index < -0.39 is 5.91 Å². The number of nitrogens with one attached hydrogen (secondary N) is 1. The molecule has 4 heteroatoms. The number of hydrogen-bond acceptors (Lipinski definition) is 2. The molecule has 3 unspecified atom stereocenters. The minimum Gasteiger partial charge on any atom is -0.366 e. The van der Waals surface area contributed by atoms with Crippen molar-refractivity contribution >= 4 is 17.5 Å². The first kappa shape index (κ1) is 15.3. The van der Waals surface area contributed by atoms with Crippen molar-refractivity contribution in [1.82, 2.24) is 5.32 Å². The van der Waals surface area contributed by atoms with Crippen LogP contribution in [0.2, 0.25) is 5.02 Å². The van der Waals surface area contributed by atoms with Crippen molar-refractivity contribution in [3.63, 3.8) is 0 Å². The van der Waals surface area contributed by atoms with Crippen LogP contribution in [0.3, 0.4) is 0 Å². The van der Waals surface area contributed by atoms with Gasteiger partial charge in [0.25, 0.3) is 0 Å². The molecule has 1 aliphatic rings. The Kier molecular flexibility index (Phi) is 5.06. The van der Waals surface area contributed by atoms with Gasteiger partial charge in [-0.25, -0.2) is 0 Å². The minimum absolute atomic E-state index is 0.443. The smallest absolute Gasteiger partial charge is 0.248 e. The van der Waals surface area contributed by atoms with E-state index in [4.69, 9.17) is 17.3 Å². The maximum atomic E-state index is 11.1. The molecule has 0 spiro atoms. The number of hydrogen-bond donors (Lipinski definition) is 2. The van der Waals surface area contributed by atoms with Gasteiger partial charge in [0.15, 0.2) is 0 Å². The van der Waals surface area contributed by atoms with Gasteiger partial charge in [-0.2, -0.15) is 0 Å². The number of primary amides is 1. The maximum absolute atomic E-state index is 11.1. The highest BCUT2D eigenvalue weighted by molar-refractivity contribution is 6.31. The van der Waals surface area contributed by atoms with Crippen molar-refractivity contribution in [3.05, 3.63) is 34.3 Å². The molecule has 1 amide bonds. The molecule has 3 nitrogen and oxygen atoms in total. The molecular formula is C16H23ClN2O. The van der Waals surface area contributed by atoms with Crippen LogP contribution >= 0.6 is 11.6 Å². The summed E-state index contributed by atoms with van der Waals surface area (Å²) in [5, 5.41) is 4.20. The molecule has 0 aromatic heterocycles. The normalized spacial score (nSPS) is 25.9. The molecule has 0 heterocycles. The molecule has 2 rings (SSSR count). The summed E-state index contributed by atoms with van der Waals surface area (Å²) >= 11 is 6.20. The monoisotopic (exact) mass is 294 g/mol. The SMILES string of the molecule is CCC1CCC(NCc2ccc(C(N)=O)cc2Cl)C1C. The quantitative estimate of drug-likeness (QED) is 0.875. The molecule has 3 atom stereocenters. The van der Waals surface area contributed by atoms with Gasteiger partial charge in [0.05, 0.1) is 0 Å². The van der Waals surface area contributed by atoms with Crippen molar-refractivity contribution in [2.24, 2.45) is 17.6 Å². The number of nitrogens with two attached hydrogens (primary N) is 1. The third-order valence-corrected chi connectivity index (χ3v) is 5.00. The van der Waals surface area contributed by atoms with E-state index in [-0.39, 0.29) is 0 Å². The van der Waals surface area contributed by atoms with Crippen LogP contribution in [-0.4, -0.2) is 11.9 Å². The Labute approximate surface area is 125 Å². The maximum Gasteiger partial charge on any atom is 0.248 e. The highest BCUT2D eigenvalue weighted by Crippen LogP contribution is 2.34. The molecule has 3 N–H and O–H groups in total. The molecular weight excluding hydrogens is 272 g/mol. The van der Waals surface area contributed by atoms with Crippen molar-refractivity contribution in [2.45, 2.75) is 45.7 Å². The highest BCUT2D eigenvalue weighted by Gasteiger charge is 2.30. The van der Waals surface area contributed by atoms with E-state index in [1.807, 2.05) is 6.07 Å². The van der Waals surface area contributed by atoms with Crippen LogP contribution in [0.15, 0.2) is 18.2 Å². The summed E-state index contributed by atoms with van der Waals surface area (Å²) in [4.78, 5) is 11.1. The Morgan fingerprint density at radius 2 is 2.20 bits per heavy atom. The summed E-state index contributed by atoms with van der Waals surface area (Å²) in [6.45, 7) is 5.34. The van der Waals surface area contributed by atoms with Gasteiger partial charge < -0.3 is 11.1 Å². The predicted octanol–water partition coefficient (Wildman–Crippen LogP) is 3.35. The first-order chi connectivity index (χ1) is 9.52. The van der Waals surface area contributed by atoms with Gasteiger partial charge in [-0.1, -0.05) is 37.9 Å². The lowest BCUT2D eigenvalue weighted by Crippen LogP contribution is -2.32. The van der Waals surface area contributed by atoms with Crippen LogP contribution in [-0.2, 0) is 6.54 Å². The van der Waals surface area contributed by atoms with Gasteiger partial charge >= 0.3 is 0 Å². The zero-order chi connectivity index (χ0) is 14.7. The number of halogens is 1. The predicted molar refractivity (Wildman–Crippen MR) is 82.8 cm³/mol. The second-order valence-corrected chi connectivity index (χ2v) is 6.17. The summed E-state index contributed by atoms with van der Waals surface area (Å²) in [7, 11) is 0. The molecule has 1 aromatic rings. The second kappa shape index (κ2) is 6.59. The van der Waals surface area contributed by atoms with Crippen LogP contribution in [0.25, 0.3) is 0 Å². The zero-order valence-electron chi connectivity index (χ0n) is 12.2. The van der Waals surface area contributed by atoms with Crippen LogP contribution < -0.4 is 11.1 Å². The standard InChI is InChI=1S/C16H23ClN2O/c1-3-11-6-7-15(10(11)2)19-9-13-5-4-12(16(18)20)8-14(13)17/h4-5,8,10-11,15,19H,3,6-7,9H2,1-2H3,(H2,18,20). The van der Waals surface area contributed by atoms with E-state index >= 15 is 0 Å². The fourth-order valence-corrected chi connectivity index (χ4v) is 3.44. The van der Waals surface area contributed by atoms with Crippen LogP contribution in [0.5, 0.6) is 0 Å². The molecule has 1 aliphatic carbocycles. The summed E-state index contributed by atoms with van der Waals surface area (Å²) in [5.41, 5.74) is 6.72. The third kappa shape index (κ3) is 3.33. The van der Waals surface area contributed by atoms with E-state index in [0.717, 1.165) is 18.0 Å². The minimum atomic E-state index is -0.443. The number of rotatable bonds is 5. The van der Waals surface area contributed by atoms with E-state index in [2.05, 4.69) is 19.2 Å². The van der Waals surface area contributed by atoms with E-state index in [1.165, 1.54) is 19.3 Å². The van der Waals surface area contributed by atoms with Crippen molar-refractivity contribution in [2.75, 3.05) is 0 Å². The fraction of sp³-hybridized carbons (Fsp3) is 0.562. The lowest BCUT2D eigenvalue weighted by molar-refractivity contribution is 0.100. The van der Waals surface area contributed by atoms with Crippen molar-refractivity contribution < 1.29 is 4.79 Å². The van der Waals surface area contributed by atoms with E-state index in [0.29, 0.717) is 22.5 Å². The van der Waals surface area contributed by atoms with Crippen molar-refractivity contribution in [3.8, 4) is 0 Å². The summed E-state index contributed by atoms with van der Waals surface area (Å²) in [5.74, 6) is 1.10. The summed E-state index contributed by atoms with van der Waals surface area (Å²) in [6, 6.07) is 5.82. The third-order valence-electron chi connectivity index (χ3n) is 4.64. The van der Waals surface area contributed by atoms with Crippen LogP contribution in [0, 0.1) is 11.8 Å². The van der Waals surface area contributed by atoms with Gasteiger partial charge in [0.2, 0.25) is 5.91 Å². The van der Waals surface area contributed by atoms with Crippen LogP contribution in [0.4, 0.5) is 0 Å². The van der Waals surface area contributed by atoms with E-state index in [9.17, 15) is 4.79 Å². The number of carbonyl (C=O) groups is 1. The average Bonchev–Trinajstić information content (AvgIpc) is 2.77. The first-order valence-electron chi connectivity index (χ1n) is 7.34. The molecule has 0 saturated heterocycles. The van der Waals surface area contributed by atoms with Crippen LogP contribution in [0.1, 0.15) is 49.0 Å². The van der Waals surface area contributed by atoms with Gasteiger partial charge in [0.1, 0.15) is 0 Å². The molecule has 1 saturated carbocycles. The Balaban J connectivity index is 1.96.